The maximum atomic E-state index is 13.9. The Balaban J connectivity index is 1.73. The van der Waals surface area contributed by atoms with Crippen LogP contribution in [0.5, 0.6) is 11.5 Å². The van der Waals surface area contributed by atoms with Crippen LogP contribution in [0.4, 0.5) is 8.78 Å². The van der Waals surface area contributed by atoms with Crippen molar-refractivity contribution in [3.05, 3.63) is 64.2 Å². The highest BCUT2D eigenvalue weighted by Gasteiger charge is 2.40. The smallest absolute Gasteiger partial charge is 0.246 e. The van der Waals surface area contributed by atoms with Gasteiger partial charge in [0.25, 0.3) is 0 Å². The Morgan fingerprint density at radius 3 is 2.53 bits per heavy atom. The minimum absolute atomic E-state index is 0.132. The summed E-state index contributed by atoms with van der Waals surface area (Å²) in [5.41, 5.74) is -0.497. The summed E-state index contributed by atoms with van der Waals surface area (Å²) in [4.78, 5) is 25.8. The van der Waals surface area contributed by atoms with Crippen LogP contribution >= 0.6 is 11.6 Å². The van der Waals surface area contributed by atoms with E-state index in [1.807, 2.05) is 0 Å². The lowest BCUT2D eigenvalue weighted by molar-refractivity contribution is -0.133. The van der Waals surface area contributed by atoms with Crippen LogP contribution in [0.3, 0.4) is 0 Å². The SMILES string of the molecule is COc1ccc(C=CC(=O)NC2(C(=O)NCc3ccc(F)cc3F)CCNCC2)c(Cl)c1OC. The van der Waals surface area contributed by atoms with Gasteiger partial charge in [0.05, 0.1) is 19.2 Å². The Bertz CT molecular complexity index is 1090. The van der Waals surface area contributed by atoms with Gasteiger partial charge in [0.2, 0.25) is 11.8 Å². The fraction of sp³-hybridized carbons (Fsp3) is 0.333. The highest BCUT2D eigenvalue weighted by atomic mass is 35.5. The van der Waals surface area contributed by atoms with E-state index in [1.165, 1.54) is 32.4 Å². The molecule has 0 saturated carbocycles. The maximum absolute atomic E-state index is 13.9. The zero-order valence-electron chi connectivity index (χ0n) is 18.8. The number of ether oxygens (including phenoxy) is 2. The summed E-state index contributed by atoms with van der Waals surface area (Å²) < 4.78 is 37.5. The molecule has 1 fully saturated rings. The fourth-order valence-electron chi connectivity index (χ4n) is 3.75. The van der Waals surface area contributed by atoms with Gasteiger partial charge in [-0.15, -0.1) is 0 Å². The van der Waals surface area contributed by atoms with Gasteiger partial charge in [0, 0.05) is 24.3 Å². The van der Waals surface area contributed by atoms with E-state index in [-0.39, 0.29) is 17.1 Å². The first-order chi connectivity index (χ1) is 16.3. The third-order valence-electron chi connectivity index (χ3n) is 5.64. The quantitative estimate of drug-likeness (QED) is 0.491. The van der Waals surface area contributed by atoms with Gasteiger partial charge < -0.3 is 25.4 Å². The Hall–Kier alpha value is -3.17. The molecule has 1 saturated heterocycles. The van der Waals surface area contributed by atoms with Crippen molar-refractivity contribution in [3.63, 3.8) is 0 Å². The molecular formula is C24H26ClF2N3O4. The van der Waals surface area contributed by atoms with Crippen molar-refractivity contribution in [1.29, 1.82) is 0 Å². The molecule has 3 N–H and O–H groups in total. The third-order valence-corrected chi connectivity index (χ3v) is 6.03. The van der Waals surface area contributed by atoms with E-state index >= 15 is 0 Å². The van der Waals surface area contributed by atoms with Crippen molar-refractivity contribution < 1.29 is 27.8 Å². The molecule has 2 aromatic rings. The summed E-state index contributed by atoms with van der Waals surface area (Å²) in [6.45, 7) is 0.904. The number of piperidine rings is 1. The number of carbonyl (C=O) groups excluding carboxylic acids is 2. The maximum Gasteiger partial charge on any atom is 0.246 e. The molecule has 3 rings (SSSR count). The van der Waals surface area contributed by atoms with Gasteiger partial charge in [-0.05, 0) is 55.8 Å². The first kappa shape index (κ1) is 25.5. The van der Waals surface area contributed by atoms with Gasteiger partial charge in [0.1, 0.15) is 17.2 Å². The molecule has 1 heterocycles. The summed E-state index contributed by atoms with van der Waals surface area (Å²) >= 11 is 6.35. The monoisotopic (exact) mass is 493 g/mol. The number of nitrogens with one attached hydrogen (secondary N) is 3. The molecule has 0 aromatic heterocycles. The normalized spacial score (nSPS) is 15.1. The Kier molecular flexibility index (Phi) is 8.46. The summed E-state index contributed by atoms with van der Waals surface area (Å²) in [7, 11) is 2.95. The van der Waals surface area contributed by atoms with Gasteiger partial charge in [-0.2, -0.15) is 0 Å². The number of carbonyl (C=O) groups is 2. The standard InChI is InChI=1S/C24H26ClF2N3O4/c1-33-19-7-4-15(21(25)22(19)34-2)5-8-20(31)30-24(9-11-28-12-10-24)23(32)29-14-16-3-6-17(26)13-18(16)27/h3-8,13,28H,9-12,14H2,1-2H3,(H,29,32)(H,30,31). The second-order valence-electron chi connectivity index (χ2n) is 7.78. The van der Waals surface area contributed by atoms with Crippen molar-refractivity contribution in [1.82, 2.24) is 16.0 Å². The summed E-state index contributed by atoms with van der Waals surface area (Å²) in [6, 6.07) is 6.49. The average Bonchev–Trinajstić information content (AvgIpc) is 2.82. The molecule has 1 aliphatic heterocycles. The molecule has 34 heavy (non-hydrogen) atoms. The van der Waals surface area contributed by atoms with E-state index in [2.05, 4.69) is 16.0 Å². The average molecular weight is 494 g/mol. The molecule has 0 radical (unpaired) electrons. The number of benzene rings is 2. The van der Waals surface area contributed by atoms with E-state index in [0.29, 0.717) is 43.0 Å². The summed E-state index contributed by atoms with van der Waals surface area (Å²) in [5, 5.41) is 8.90. The first-order valence-corrected chi connectivity index (χ1v) is 11.0. The molecule has 0 aliphatic carbocycles. The molecule has 7 nitrogen and oxygen atoms in total. The number of hydrogen-bond acceptors (Lipinski definition) is 5. The number of amides is 2. The summed E-state index contributed by atoms with van der Waals surface area (Å²) in [6.07, 6.45) is 3.49. The highest BCUT2D eigenvalue weighted by Crippen LogP contribution is 2.37. The van der Waals surface area contributed by atoms with Gasteiger partial charge in [-0.1, -0.05) is 17.7 Å². The molecule has 1 aliphatic rings. The molecule has 182 valence electrons. The third kappa shape index (κ3) is 5.84. The number of halogens is 3. The van der Waals surface area contributed by atoms with Crippen molar-refractivity contribution in [2.45, 2.75) is 24.9 Å². The highest BCUT2D eigenvalue weighted by molar-refractivity contribution is 6.33. The van der Waals surface area contributed by atoms with E-state index in [1.54, 1.807) is 12.1 Å². The van der Waals surface area contributed by atoms with Crippen molar-refractivity contribution >= 4 is 29.5 Å². The lowest BCUT2D eigenvalue weighted by Crippen LogP contribution is -2.62. The molecule has 0 bridgehead atoms. The van der Waals surface area contributed by atoms with Crippen LogP contribution in [0.1, 0.15) is 24.0 Å². The number of hydrogen-bond donors (Lipinski definition) is 3. The largest absolute Gasteiger partial charge is 0.493 e. The molecule has 2 amide bonds. The number of methoxy groups -OCH3 is 2. The van der Waals surface area contributed by atoms with Crippen LogP contribution in [0.2, 0.25) is 5.02 Å². The van der Waals surface area contributed by atoms with Crippen LogP contribution in [-0.2, 0) is 16.1 Å². The van der Waals surface area contributed by atoms with Gasteiger partial charge in [-0.25, -0.2) is 8.78 Å². The van der Waals surface area contributed by atoms with Gasteiger partial charge >= 0.3 is 0 Å². The Morgan fingerprint density at radius 1 is 1.15 bits per heavy atom. The van der Waals surface area contributed by atoms with Gasteiger partial charge in [-0.3, -0.25) is 9.59 Å². The number of rotatable bonds is 8. The predicted octanol–water partition coefficient (Wildman–Crippen LogP) is 3.20. The molecule has 0 atom stereocenters. The molecule has 2 aromatic carbocycles. The topological polar surface area (TPSA) is 88.7 Å². The van der Waals surface area contributed by atoms with Crippen molar-refractivity contribution in [2.24, 2.45) is 0 Å². The van der Waals surface area contributed by atoms with Crippen LogP contribution in [0.15, 0.2) is 36.4 Å². The Labute approximate surface area is 201 Å². The first-order valence-electron chi connectivity index (χ1n) is 10.6. The minimum atomic E-state index is -1.18. The van der Waals surface area contributed by atoms with E-state index < -0.39 is 29.0 Å². The van der Waals surface area contributed by atoms with Crippen LogP contribution < -0.4 is 25.4 Å². The Morgan fingerprint density at radius 2 is 1.88 bits per heavy atom. The van der Waals surface area contributed by atoms with Crippen LogP contribution in [-0.4, -0.2) is 44.7 Å². The fourth-order valence-corrected chi connectivity index (χ4v) is 4.04. The predicted molar refractivity (Wildman–Crippen MR) is 125 cm³/mol. The van der Waals surface area contributed by atoms with Gasteiger partial charge in [0.15, 0.2) is 11.5 Å². The van der Waals surface area contributed by atoms with Crippen molar-refractivity contribution in [3.8, 4) is 11.5 Å². The minimum Gasteiger partial charge on any atom is -0.493 e. The lowest BCUT2D eigenvalue weighted by atomic mass is 9.87. The second-order valence-corrected chi connectivity index (χ2v) is 8.16. The van der Waals surface area contributed by atoms with E-state index in [4.69, 9.17) is 21.1 Å². The molecule has 0 spiro atoms. The van der Waals surface area contributed by atoms with E-state index in [0.717, 1.165) is 12.1 Å². The van der Waals surface area contributed by atoms with Crippen LogP contribution in [0.25, 0.3) is 6.08 Å². The second kappa shape index (κ2) is 11.3. The zero-order valence-corrected chi connectivity index (χ0v) is 19.6. The molecular weight excluding hydrogens is 468 g/mol. The van der Waals surface area contributed by atoms with Crippen molar-refractivity contribution in [2.75, 3.05) is 27.3 Å². The van der Waals surface area contributed by atoms with Crippen LogP contribution in [0, 0.1) is 11.6 Å². The van der Waals surface area contributed by atoms with E-state index in [9.17, 15) is 18.4 Å². The summed E-state index contributed by atoms with van der Waals surface area (Å²) in [5.74, 6) is -1.58. The molecule has 0 unspecified atom stereocenters. The molecule has 10 heteroatoms. The lowest BCUT2D eigenvalue weighted by Gasteiger charge is -2.36. The zero-order chi connectivity index (χ0) is 24.7.